The molecule has 3 rings (SSSR count). The Balaban J connectivity index is 1.74. The lowest BCUT2D eigenvalue weighted by atomic mass is 9.89. The summed E-state index contributed by atoms with van der Waals surface area (Å²) >= 11 is 0. The molecule has 80 valence electrons. The van der Waals surface area contributed by atoms with Gasteiger partial charge in [0, 0.05) is 31.2 Å². The first-order valence-corrected chi connectivity index (χ1v) is 6.15. The van der Waals surface area contributed by atoms with E-state index in [1.807, 2.05) is 0 Å². The zero-order valence-electron chi connectivity index (χ0n) is 8.84. The molecule has 3 heteroatoms. The molecular formula is C11H21N3. The lowest BCUT2D eigenvalue weighted by molar-refractivity contribution is 0.0242. The number of nitrogens with zero attached hydrogens (tertiary/aromatic N) is 1. The summed E-state index contributed by atoms with van der Waals surface area (Å²) in [4.78, 5) is 2.77. The molecular weight excluding hydrogens is 174 g/mol. The van der Waals surface area contributed by atoms with Crippen molar-refractivity contribution in [1.82, 2.24) is 15.5 Å². The van der Waals surface area contributed by atoms with Crippen LogP contribution >= 0.6 is 0 Å². The number of rotatable bonds is 0. The molecule has 3 aliphatic heterocycles. The van der Waals surface area contributed by atoms with Crippen molar-refractivity contribution in [2.24, 2.45) is 0 Å². The van der Waals surface area contributed by atoms with Gasteiger partial charge < -0.3 is 10.6 Å². The van der Waals surface area contributed by atoms with Crippen molar-refractivity contribution in [3.05, 3.63) is 0 Å². The van der Waals surface area contributed by atoms with Gasteiger partial charge in [-0.05, 0) is 32.4 Å². The number of hydrogen-bond donors (Lipinski definition) is 2. The standard InChI is InChI=1S/C11H21N3/c1-2-6-14-9(3-1)7-13-10-4-5-12-8-11(10)14/h9-13H,1-8H2. The van der Waals surface area contributed by atoms with Crippen molar-refractivity contribution in [2.45, 2.75) is 43.8 Å². The summed E-state index contributed by atoms with van der Waals surface area (Å²) in [6, 6.07) is 2.39. The van der Waals surface area contributed by atoms with E-state index >= 15 is 0 Å². The molecule has 0 aliphatic carbocycles. The molecule has 0 spiro atoms. The molecule has 0 aromatic rings. The molecule has 0 aromatic heterocycles. The molecule has 0 radical (unpaired) electrons. The van der Waals surface area contributed by atoms with Crippen LogP contribution in [0.4, 0.5) is 0 Å². The second kappa shape index (κ2) is 3.80. The van der Waals surface area contributed by atoms with E-state index in [0.717, 1.165) is 18.1 Å². The van der Waals surface area contributed by atoms with Gasteiger partial charge in [0.1, 0.15) is 0 Å². The monoisotopic (exact) mass is 195 g/mol. The van der Waals surface area contributed by atoms with Gasteiger partial charge in [0.25, 0.3) is 0 Å². The van der Waals surface area contributed by atoms with E-state index in [1.54, 1.807) is 0 Å². The Labute approximate surface area is 86.2 Å². The second-order valence-electron chi connectivity index (χ2n) is 4.96. The van der Waals surface area contributed by atoms with Gasteiger partial charge in [-0.1, -0.05) is 6.42 Å². The summed E-state index contributed by atoms with van der Waals surface area (Å²) < 4.78 is 0. The summed E-state index contributed by atoms with van der Waals surface area (Å²) in [5.41, 5.74) is 0. The van der Waals surface area contributed by atoms with Gasteiger partial charge in [-0.15, -0.1) is 0 Å². The SMILES string of the molecule is C1CCN2C(C1)CNC1CCNCC12. The minimum absolute atomic E-state index is 0.769. The minimum Gasteiger partial charge on any atom is -0.315 e. The van der Waals surface area contributed by atoms with Crippen LogP contribution in [0.5, 0.6) is 0 Å². The van der Waals surface area contributed by atoms with Crippen LogP contribution in [0.3, 0.4) is 0 Å². The first kappa shape index (κ1) is 9.13. The average molecular weight is 195 g/mol. The van der Waals surface area contributed by atoms with Crippen LogP contribution in [-0.2, 0) is 0 Å². The Bertz CT molecular complexity index is 185. The summed E-state index contributed by atoms with van der Waals surface area (Å²) in [5, 5.41) is 7.27. The Morgan fingerprint density at radius 3 is 3.07 bits per heavy atom. The Morgan fingerprint density at radius 2 is 2.07 bits per heavy atom. The van der Waals surface area contributed by atoms with Crippen LogP contribution in [0.15, 0.2) is 0 Å². The Hall–Kier alpha value is -0.120. The third-order valence-electron chi connectivity index (χ3n) is 4.16. The fraction of sp³-hybridized carbons (Fsp3) is 1.00. The second-order valence-corrected chi connectivity index (χ2v) is 4.96. The lowest BCUT2D eigenvalue weighted by Crippen LogP contribution is -2.68. The predicted octanol–water partition coefficient (Wildman–Crippen LogP) is 0.175. The van der Waals surface area contributed by atoms with Crippen molar-refractivity contribution < 1.29 is 0 Å². The van der Waals surface area contributed by atoms with E-state index in [9.17, 15) is 0 Å². The Morgan fingerprint density at radius 1 is 1.07 bits per heavy atom. The highest BCUT2D eigenvalue weighted by Gasteiger charge is 2.38. The fourth-order valence-electron chi connectivity index (χ4n) is 3.39. The van der Waals surface area contributed by atoms with Crippen molar-refractivity contribution >= 4 is 0 Å². The van der Waals surface area contributed by atoms with Gasteiger partial charge in [0.15, 0.2) is 0 Å². The van der Waals surface area contributed by atoms with Crippen LogP contribution in [0.2, 0.25) is 0 Å². The maximum Gasteiger partial charge on any atom is 0.0377 e. The third-order valence-corrected chi connectivity index (χ3v) is 4.16. The van der Waals surface area contributed by atoms with Gasteiger partial charge in [0.2, 0.25) is 0 Å². The van der Waals surface area contributed by atoms with Gasteiger partial charge in [0.05, 0.1) is 0 Å². The molecule has 3 nitrogen and oxygen atoms in total. The Kier molecular flexibility index (Phi) is 2.48. The topological polar surface area (TPSA) is 27.3 Å². The highest BCUT2D eigenvalue weighted by molar-refractivity contribution is 4.99. The number of fused-ring (bicyclic) bond motifs is 3. The van der Waals surface area contributed by atoms with E-state index in [4.69, 9.17) is 0 Å². The van der Waals surface area contributed by atoms with Crippen molar-refractivity contribution in [3.63, 3.8) is 0 Å². The number of nitrogens with one attached hydrogen (secondary N) is 2. The van der Waals surface area contributed by atoms with Gasteiger partial charge in [-0.3, -0.25) is 4.90 Å². The largest absolute Gasteiger partial charge is 0.315 e. The quantitative estimate of drug-likeness (QED) is 0.577. The van der Waals surface area contributed by atoms with Crippen LogP contribution in [0.1, 0.15) is 25.7 Å². The average Bonchev–Trinajstić information content (AvgIpc) is 2.29. The summed E-state index contributed by atoms with van der Waals surface area (Å²) in [6.07, 6.45) is 5.58. The summed E-state index contributed by atoms with van der Waals surface area (Å²) in [5.74, 6) is 0. The van der Waals surface area contributed by atoms with Crippen molar-refractivity contribution in [1.29, 1.82) is 0 Å². The first-order chi connectivity index (χ1) is 6.95. The molecule has 3 saturated heterocycles. The minimum atomic E-state index is 0.769. The highest BCUT2D eigenvalue weighted by Crippen LogP contribution is 2.25. The molecule has 0 saturated carbocycles. The maximum absolute atomic E-state index is 3.74. The summed E-state index contributed by atoms with van der Waals surface area (Å²) in [7, 11) is 0. The van der Waals surface area contributed by atoms with E-state index < -0.39 is 0 Å². The zero-order chi connectivity index (χ0) is 9.38. The first-order valence-electron chi connectivity index (χ1n) is 6.15. The van der Waals surface area contributed by atoms with E-state index in [-0.39, 0.29) is 0 Å². The van der Waals surface area contributed by atoms with Crippen LogP contribution < -0.4 is 10.6 Å². The van der Waals surface area contributed by atoms with E-state index in [0.29, 0.717) is 0 Å². The number of piperidine rings is 2. The smallest absolute Gasteiger partial charge is 0.0377 e. The van der Waals surface area contributed by atoms with Gasteiger partial charge >= 0.3 is 0 Å². The maximum atomic E-state index is 3.74. The third kappa shape index (κ3) is 1.47. The van der Waals surface area contributed by atoms with E-state index in [2.05, 4.69) is 15.5 Å². The molecule has 3 unspecified atom stereocenters. The molecule has 2 N–H and O–H groups in total. The zero-order valence-corrected chi connectivity index (χ0v) is 8.84. The molecule has 14 heavy (non-hydrogen) atoms. The molecule has 0 bridgehead atoms. The molecule has 3 atom stereocenters. The molecule has 3 fully saturated rings. The van der Waals surface area contributed by atoms with Gasteiger partial charge in [-0.2, -0.15) is 0 Å². The summed E-state index contributed by atoms with van der Waals surface area (Å²) in [6.45, 7) is 4.98. The normalized spacial score (nSPS) is 44.1. The molecule has 3 heterocycles. The fourth-order valence-corrected chi connectivity index (χ4v) is 3.39. The number of hydrogen-bond acceptors (Lipinski definition) is 3. The predicted molar refractivity (Wildman–Crippen MR) is 57.4 cm³/mol. The highest BCUT2D eigenvalue weighted by atomic mass is 15.3. The van der Waals surface area contributed by atoms with Crippen molar-refractivity contribution in [2.75, 3.05) is 26.2 Å². The number of piperazine rings is 1. The van der Waals surface area contributed by atoms with Gasteiger partial charge in [-0.25, -0.2) is 0 Å². The molecule has 3 aliphatic rings. The lowest BCUT2D eigenvalue weighted by Gasteiger charge is -2.51. The van der Waals surface area contributed by atoms with E-state index in [1.165, 1.54) is 51.9 Å². The molecule has 0 aromatic carbocycles. The van der Waals surface area contributed by atoms with Crippen LogP contribution in [0.25, 0.3) is 0 Å². The molecule has 0 amide bonds. The van der Waals surface area contributed by atoms with Crippen molar-refractivity contribution in [3.8, 4) is 0 Å². The van der Waals surface area contributed by atoms with Crippen LogP contribution in [0, 0.1) is 0 Å². The van der Waals surface area contributed by atoms with Crippen LogP contribution in [-0.4, -0.2) is 49.2 Å².